The molecule has 0 fully saturated rings. The van der Waals surface area contributed by atoms with Gasteiger partial charge in [0.05, 0.1) is 12.5 Å². The lowest BCUT2D eigenvalue weighted by Crippen LogP contribution is -2.40. The number of halogens is 4. The van der Waals surface area contributed by atoms with Crippen molar-refractivity contribution >= 4 is 23.1 Å². The number of amides is 1. The van der Waals surface area contributed by atoms with Crippen molar-refractivity contribution in [3.8, 4) is 5.75 Å². The minimum atomic E-state index is -1.32. The monoisotopic (exact) mass is 542 g/mol. The van der Waals surface area contributed by atoms with Crippen LogP contribution >= 0.6 is 11.6 Å². The first-order valence-electron chi connectivity index (χ1n) is 12.7. The van der Waals surface area contributed by atoms with E-state index in [0.717, 1.165) is 52.3 Å². The Bertz CT molecular complexity index is 1280. The summed E-state index contributed by atoms with van der Waals surface area (Å²) in [5.74, 6) is -4.38. The summed E-state index contributed by atoms with van der Waals surface area (Å²) in [6.07, 6.45) is 4.76. The van der Waals surface area contributed by atoms with Crippen molar-refractivity contribution in [1.82, 2.24) is 10.6 Å². The lowest BCUT2D eigenvalue weighted by molar-refractivity contribution is -0.123. The Morgan fingerprint density at radius 3 is 2.53 bits per heavy atom. The third-order valence-corrected chi connectivity index (χ3v) is 6.90. The van der Waals surface area contributed by atoms with Gasteiger partial charge in [0.25, 0.3) is 0 Å². The Morgan fingerprint density at radius 1 is 0.974 bits per heavy atom. The van der Waals surface area contributed by atoms with E-state index >= 15 is 0 Å². The SMILES string of the molecule is O=C(NCCCc1ccccc1Cl)C1CNCC=C1c1ccc(CCCOc2c(F)ccc(F)c2F)cc1. The molecule has 1 aliphatic rings. The molecule has 4 rings (SSSR count). The second-order valence-electron chi connectivity index (χ2n) is 9.18. The number of rotatable bonds is 11. The first kappa shape index (κ1) is 27.7. The van der Waals surface area contributed by atoms with Crippen LogP contribution in [-0.4, -0.2) is 32.1 Å². The molecule has 0 saturated carbocycles. The molecule has 1 unspecified atom stereocenters. The lowest BCUT2D eigenvalue weighted by atomic mass is 9.88. The Kier molecular flexibility index (Phi) is 9.85. The third kappa shape index (κ3) is 7.17. The van der Waals surface area contributed by atoms with Crippen molar-refractivity contribution in [1.29, 1.82) is 0 Å². The van der Waals surface area contributed by atoms with E-state index in [0.29, 0.717) is 32.5 Å². The average molecular weight is 543 g/mol. The van der Waals surface area contributed by atoms with Crippen LogP contribution in [-0.2, 0) is 17.6 Å². The number of hydrogen-bond acceptors (Lipinski definition) is 3. The summed E-state index contributed by atoms with van der Waals surface area (Å²) in [6, 6.07) is 17.2. The van der Waals surface area contributed by atoms with Crippen LogP contribution in [0.1, 0.15) is 29.5 Å². The van der Waals surface area contributed by atoms with E-state index in [1.54, 1.807) is 0 Å². The molecular formula is C30H30ClF3N2O2. The zero-order valence-electron chi connectivity index (χ0n) is 20.9. The number of carbonyl (C=O) groups is 1. The Labute approximate surface area is 225 Å². The standard InChI is InChI=1S/C30H30ClF3N2O2/c31-25-8-2-1-6-22(25)7-3-16-36-30(37)24-19-35-17-15-23(24)21-11-9-20(10-12-21)5-4-18-38-29-27(33)14-13-26(32)28(29)34/h1-2,6,8-15,24,35H,3-5,7,16-19H2,(H,36,37). The summed E-state index contributed by atoms with van der Waals surface area (Å²) in [5.41, 5.74) is 4.06. The second kappa shape index (κ2) is 13.5. The van der Waals surface area contributed by atoms with Gasteiger partial charge in [0, 0.05) is 24.7 Å². The van der Waals surface area contributed by atoms with Gasteiger partial charge in [-0.05, 0) is 66.1 Å². The van der Waals surface area contributed by atoms with Crippen LogP contribution < -0.4 is 15.4 Å². The maximum absolute atomic E-state index is 13.7. The highest BCUT2D eigenvalue weighted by Gasteiger charge is 2.25. The van der Waals surface area contributed by atoms with E-state index in [1.165, 1.54) is 0 Å². The Hall–Kier alpha value is -3.29. The smallest absolute Gasteiger partial charge is 0.228 e. The van der Waals surface area contributed by atoms with Gasteiger partial charge in [-0.1, -0.05) is 60.1 Å². The van der Waals surface area contributed by atoms with Crippen LogP contribution in [0.25, 0.3) is 5.57 Å². The van der Waals surface area contributed by atoms with Crippen molar-refractivity contribution < 1.29 is 22.7 Å². The first-order valence-corrected chi connectivity index (χ1v) is 13.1. The van der Waals surface area contributed by atoms with E-state index in [9.17, 15) is 18.0 Å². The highest BCUT2D eigenvalue weighted by molar-refractivity contribution is 6.31. The van der Waals surface area contributed by atoms with E-state index in [1.807, 2.05) is 54.6 Å². The predicted molar refractivity (Wildman–Crippen MR) is 144 cm³/mol. The molecule has 3 aromatic rings. The zero-order valence-corrected chi connectivity index (χ0v) is 21.7. The van der Waals surface area contributed by atoms with Gasteiger partial charge in [0.1, 0.15) is 0 Å². The van der Waals surface area contributed by atoms with Gasteiger partial charge in [-0.25, -0.2) is 8.78 Å². The van der Waals surface area contributed by atoms with Crippen molar-refractivity contribution in [3.63, 3.8) is 0 Å². The number of nitrogens with one attached hydrogen (secondary N) is 2. The molecule has 0 aliphatic carbocycles. The maximum Gasteiger partial charge on any atom is 0.228 e. The van der Waals surface area contributed by atoms with Gasteiger partial charge in [0.15, 0.2) is 17.4 Å². The van der Waals surface area contributed by atoms with Crippen LogP contribution in [0, 0.1) is 23.4 Å². The first-order chi connectivity index (χ1) is 18.4. The van der Waals surface area contributed by atoms with Crippen molar-refractivity contribution in [3.05, 3.63) is 106 Å². The summed E-state index contributed by atoms with van der Waals surface area (Å²) in [7, 11) is 0. The van der Waals surface area contributed by atoms with Gasteiger partial charge < -0.3 is 15.4 Å². The highest BCUT2D eigenvalue weighted by Crippen LogP contribution is 2.27. The summed E-state index contributed by atoms with van der Waals surface area (Å²) in [4.78, 5) is 13.0. The normalized spacial score (nSPS) is 15.2. The Morgan fingerprint density at radius 2 is 1.74 bits per heavy atom. The molecule has 3 aromatic carbocycles. The molecule has 1 atom stereocenters. The molecule has 0 radical (unpaired) electrons. The molecule has 4 nitrogen and oxygen atoms in total. The molecule has 1 heterocycles. The van der Waals surface area contributed by atoms with E-state index < -0.39 is 23.2 Å². The average Bonchev–Trinajstić information content (AvgIpc) is 2.94. The summed E-state index contributed by atoms with van der Waals surface area (Å²) in [6.45, 7) is 1.87. The molecule has 0 aromatic heterocycles. The third-order valence-electron chi connectivity index (χ3n) is 6.53. The highest BCUT2D eigenvalue weighted by atomic mass is 35.5. The topological polar surface area (TPSA) is 50.4 Å². The van der Waals surface area contributed by atoms with Crippen LogP contribution in [0.3, 0.4) is 0 Å². The van der Waals surface area contributed by atoms with E-state index in [2.05, 4.69) is 10.6 Å². The lowest BCUT2D eigenvalue weighted by Gasteiger charge is -2.25. The number of aryl methyl sites for hydroxylation is 2. The Balaban J connectivity index is 1.26. The fourth-order valence-corrected chi connectivity index (χ4v) is 4.72. The molecule has 1 amide bonds. The summed E-state index contributed by atoms with van der Waals surface area (Å²) < 4.78 is 45.8. The molecule has 0 bridgehead atoms. The minimum absolute atomic E-state index is 0.0133. The molecule has 38 heavy (non-hydrogen) atoms. The van der Waals surface area contributed by atoms with Gasteiger partial charge in [0.2, 0.25) is 11.7 Å². The zero-order chi connectivity index (χ0) is 26.9. The molecule has 8 heteroatoms. The molecule has 0 saturated heterocycles. The number of benzene rings is 3. The second-order valence-corrected chi connectivity index (χ2v) is 9.58. The number of hydrogen-bond donors (Lipinski definition) is 2. The van der Waals surface area contributed by atoms with Crippen LogP contribution in [0.15, 0.2) is 66.7 Å². The quantitative estimate of drug-likeness (QED) is 0.227. The fraction of sp³-hybridized carbons (Fsp3) is 0.300. The van der Waals surface area contributed by atoms with Crippen LogP contribution in [0.5, 0.6) is 5.75 Å². The number of ether oxygens (including phenoxy) is 1. The number of carbonyl (C=O) groups excluding carboxylic acids is 1. The van der Waals surface area contributed by atoms with Gasteiger partial charge in [-0.15, -0.1) is 0 Å². The molecule has 1 aliphatic heterocycles. The van der Waals surface area contributed by atoms with E-state index in [-0.39, 0.29) is 18.4 Å². The van der Waals surface area contributed by atoms with Crippen LogP contribution in [0.4, 0.5) is 13.2 Å². The molecule has 200 valence electrons. The van der Waals surface area contributed by atoms with Gasteiger partial charge in [-0.3, -0.25) is 4.79 Å². The van der Waals surface area contributed by atoms with Crippen LogP contribution in [0.2, 0.25) is 5.02 Å². The molecule has 2 N–H and O–H groups in total. The largest absolute Gasteiger partial charge is 0.488 e. The van der Waals surface area contributed by atoms with Crippen molar-refractivity contribution in [2.75, 3.05) is 26.2 Å². The fourth-order valence-electron chi connectivity index (χ4n) is 4.48. The van der Waals surface area contributed by atoms with Gasteiger partial charge in [-0.2, -0.15) is 4.39 Å². The summed E-state index contributed by atoms with van der Waals surface area (Å²) in [5, 5.41) is 7.06. The predicted octanol–water partition coefficient (Wildman–Crippen LogP) is 6.12. The molecular weight excluding hydrogens is 513 g/mol. The maximum atomic E-state index is 13.7. The van der Waals surface area contributed by atoms with Crippen molar-refractivity contribution in [2.24, 2.45) is 5.92 Å². The van der Waals surface area contributed by atoms with Gasteiger partial charge >= 0.3 is 0 Å². The summed E-state index contributed by atoms with van der Waals surface area (Å²) >= 11 is 6.21. The minimum Gasteiger partial charge on any atom is -0.488 e. The van der Waals surface area contributed by atoms with E-state index in [4.69, 9.17) is 16.3 Å². The molecule has 0 spiro atoms. The van der Waals surface area contributed by atoms with Crippen molar-refractivity contribution in [2.45, 2.75) is 25.7 Å².